The molecule has 7 nitrogen and oxygen atoms in total. The van der Waals surface area contributed by atoms with Gasteiger partial charge in [0.25, 0.3) is 11.1 Å². The molecule has 2 aromatic carbocycles. The van der Waals surface area contributed by atoms with Crippen LogP contribution in [0.15, 0.2) is 45.8 Å². The molecule has 1 saturated heterocycles. The van der Waals surface area contributed by atoms with Gasteiger partial charge in [0.15, 0.2) is 11.5 Å². The second-order valence-electron chi connectivity index (χ2n) is 6.69. The van der Waals surface area contributed by atoms with E-state index < -0.39 is 23.2 Å². The molecular weight excluding hydrogens is 505 g/mol. The van der Waals surface area contributed by atoms with Gasteiger partial charge in [0.2, 0.25) is 0 Å². The number of benzene rings is 2. The Morgan fingerprint density at radius 1 is 1.19 bits per heavy atom. The lowest BCUT2D eigenvalue weighted by molar-refractivity contribution is -0.148. The Bertz CT molecular complexity index is 1090. The Kier molecular flexibility index (Phi) is 7.57. The first-order valence-electron chi connectivity index (χ1n) is 9.34. The molecule has 0 unspecified atom stereocenters. The van der Waals surface area contributed by atoms with Gasteiger partial charge in [0.05, 0.1) is 19.1 Å². The van der Waals surface area contributed by atoms with Crippen molar-refractivity contribution in [1.29, 1.82) is 0 Å². The van der Waals surface area contributed by atoms with E-state index in [1.54, 1.807) is 24.3 Å². The quantitative estimate of drug-likeness (QED) is 0.381. The minimum atomic E-state index is -1.03. The van der Waals surface area contributed by atoms with Crippen LogP contribution >= 0.6 is 27.7 Å². The molecule has 0 spiro atoms. The molecule has 10 heteroatoms. The number of imide groups is 1. The standard InChI is InChI=1S/C22H19BrFNO6S/c1-12(21(27)30-3)25-20(26)19(32-22(25)28)9-14-8-17(29-2)18(10-16(14)23)31-11-13-4-6-15(24)7-5-13/h4-10,12H,11H2,1-3H3/b19-9+/t12-/m1/s1. The summed E-state index contributed by atoms with van der Waals surface area (Å²) in [6.07, 6.45) is 1.53. The highest BCUT2D eigenvalue weighted by Crippen LogP contribution is 2.38. The smallest absolute Gasteiger partial charge is 0.328 e. The Hall–Kier alpha value is -2.85. The lowest BCUT2D eigenvalue weighted by Crippen LogP contribution is -2.42. The average Bonchev–Trinajstić information content (AvgIpc) is 3.06. The Morgan fingerprint density at radius 3 is 2.50 bits per heavy atom. The number of methoxy groups -OCH3 is 2. The molecule has 1 atom stereocenters. The van der Waals surface area contributed by atoms with E-state index in [4.69, 9.17) is 9.47 Å². The largest absolute Gasteiger partial charge is 0.493 e. The van der Waals surface area contributed by atoms with Gasteiger partial charge in [-0.15, -0.1) is 0 Å². The van der Waals surface area contributed by atoms with E-state index in [2.05, 4.69) is 20.7 Å². The number of halogens is 2. The highest BCUT2D eigenvalue weighted by Gasteiger charge is 2.41. The first-order valence-corrected chi connectivity index (χ1v) is 11.0. The van der Waals surface area contributed by atoms with Gasteiger partial charge in [0, 0.05) is 4.47 Å². The van der Waals surface area contributed by atoms with E-state index in [1.165, 1.54) is 39.4 Å². The normalized spacial score (nSPS) is 15.8. The summed E-state index contributed by atoms with van der Waals surface area (Å²) in [6, 6.07) is 8.25. The fraction of sp³-hybridized carbons (Fsp3) is 0.227. The summed E-state index contributed by atoms with van der Waals surface area (Å²) in [5.41, 5.74) is 1.36. The van der Waals surface area contributed by atoms with E-state index in [1.807, 2.05) is 0 Å². The molecule has 2 amide bonds. The summed E-state index contributed by atoms with van der Waals surface area (Å²) >= 11 is 4.18. The SMILES string of the molecule is COC(=O)[C@@H](C)N1C(=O)S/C(=C/c2cc(OC)c(OCc3ccc(F)cc3)cc2Br)C1=O. The number of hydrogen-bond donors (Lipinski definition) is 0. The van der Waals surface area contributed by atoms with Gasteiger partial charge in [-0.1, -0.05) is 28.1 Å². The molecule has 0 N–H and O–H groups in total. The van der Waals surface area contributed by atoms with E-state index in [-0.39, 0.29) is 17.3 Å². The number of carbonyl (C=O) groups excluding carboxylic acids is 3. The molecule has 1 heterocycles. The summed E-state index contributed by atoms with van der Waals surface area (Å²) in [5.74, 6) is -0.750. The third-order valence-corrected chi connectivity index (χ3v) is 6.20. The number of thioether (sulfide) groups is 1. The van der Waals surface area contributed by atoms with Crippen molar-refractivity contribution < 1.29 is 33.0 Å². The van der Waals surface area contributed by atoms with E-state index in [9.17, 15) is 18.8 Å². The van der Waals surface area contributed by atoms with Crippen LogP contribution in [0.4, 0.5) is 9.18 Å². The summed E-state index contributed by atoms with van der Waals surface area (Å²) in [5, 5.41) is -0.554. The van der Waals surface area contributed by atoms with E-state index in [0.29, 0.717) is 21.5 Å². The molecule has 3 rings (SSSR count). The molecule has 32 heavy (non-hydrogen) atoms. The third kappa shape index (κ3) is 5.13. The maximum atomic E-state index is 13.1. The summed E-state index contributed by atoms with van der Waals surface area (Å²) in [4.78, 5) is 37.8. The molecule has 0 aromatic heterocycles. The first-order chi connectivity index (χ1) is 15.2. The van der Waals surface area contributed by atoms with Crippen molar-refractivity contribution in [1.82, 2.24) is 4.90 Å². The Balaban J connectivity index is 1.83. The number of rotatable bonds is 7. The number of carbonyl (C=O) groups is 3. The molecule has 0 saturated carbocycles. The molecule has 0 radical (unpaired) electrons. The van der Waals surface area contributed by atoms with Gasteiger partial charge in [0.1, 0.15) is 18.5 Å². The number of hydrogen-bond acceptors (Lipinski definition) is 7. The minimum Gasteiger partial charge on any atom is -0.493 e. The second kappa shape index (κ2) is 10.2. The van der Waals surface area contributed by atoms with E-state index >= 15 is 0 Å². The fourth-order valence-electron chi connectivity index (χ4n) is 2.91. The predicted octanol–water partition coefficient (Wildman–Crippen LogP) is 4.77. The predicted molar refractivity (Wildman–Crippen MR) is 121 cm³/mol. The number of ether oxygens (including phenoxy) is 3. The zero-order chi connectivity index (χ0) is 23.4. The fourth-order valence-corrected chi connectivity index (χ4v) is 4.24. The molecule has 1 aliphatic rings. The number of esters is 1. The minimum absolute atomic E-state index is 0.161. The molecule has 2 aromatic rings. The van der Waals surface area contributed by atoms with Crippen molar-refractivity contribution in [2.45, 2.75) is 19.6 Å². The molecular formula is C22H19BrFNO6S. The zero-order valence-electron chi connectivity index (χ0n) is 17.4. The molecule has 1 fully saturated rings. The van der Waals surface area contributed by atoms with Crippen molar-refractivity contribution in [2.75, 3.05) is 14.2 Å². The number of amides is 2. The lowest BCUT2D eigenvalue weighted by Gasteiger charge is -2.18. The molecule has 0 bridgehead atoms. The highest BCUT2D eigenvalue weighted by atomic mass is 79.9. The van der Waals surface area contributed by atoms with Crippen LogP contribution in [-0.2, 0) is 20.9 Å². The van der Waals surface area contributed by atoms with Gasteiger partial charge >= 0.3 is 5.97 Å². The summed E-state index contributed by atoms with van der Waals surface area (Å²) in [7, 11) is 2.67. The summed E-state index contributed by atoms with van der Waals surface area (Å²) in [6.45, 7) is 1.63. The van der Waals surface area contributed by atoms with Gasteiger partial charge in [-0.25, -0.2) is 9.18 Å². The van der Waals surface area contributed by atoms with Crippen molar-refractivity contribution in [3.8, 4) is 11.5 Å². The number of nitrogens with zero attached hydrogens (tertiary/aromatic N) is 1. The van der Waals surface area contributed by atoms with Crippen molar-refractivity contribution in [3.63, 3.8) is 0 Å². The average molecular weight is 524 g/mol. The van der Waals surface area contributed by atoms with Gasteiger partial charge in [-0.2, -0.15) is 0 Å². The molecule has 168 valence electrons. The molecule has 0 aliphatic carbocycles. The highest BCUT2D eigenvalue weighted by molar-refractivity contribution is 9.10. The van der Waals surface area contributed by atoms with Crippen LogP contribution in [0.2, 0.25) is 0 Å². The topological polar surface area (TPSA) is 82.1 Å². The first kappa shape index (κ1) is 23.8. The van der Waals surface area contributed by atoms with Crippen LogP contribution < -0.4 is 9.47 Å². The Morgan fingerprint density at radius 2 is 1.88 bits per heavy atom. The molecule has 1 aliphatic heterocycles. The van der Waals surface area contributed by atoms with Crippen molar-refractivity contribution in [2.24, 2.45) is 0 Å². The van der Waals surface area contributed by atoms with Crippen LogP contribution in [0.1, 0.15) is 18.1 Å². The second-order valence-corrected chi connectivity index (χ2v) is 8.54. The van der Waals surface area contributed by atoms with Crippen molar-refractivity contribution in [3.05, 3.63) is 62.7 Å². The third-order valence-electron chi connectivity index (χ3n) is 4.63. The van der Waals surface area contributed by atoms with Crippen LogP contribution in [0.5, 0.6) is 11.5 Å². The van der Waals surface area contributed by atoms with Crippen LogP contribution in [-0.4, -0.2) is 42.3 Å². The van der Waals surface area contributed by atoms with Crippen LogP contribution in [0.3, 0.4) is 0 Å². The van der Waals surface area contributed by atoms with Crippen LogP contribution in [0.25, 0.3) is 6.08 Å². The van der Waals surface area contributed by atoms with E-state index in [0.717, 1.165) is 22.2 Å². The van der Waals surface area contributed by atoms with Gasteiger partial charge in [-0.05, 0) is 60.2 Å². The lowest BCUT2D eigenvalue weighted by atomic mass is 10.1. The van der Waals surface area contributed by atoms with Gasteiger partial charge in [-0.3, -0.25) is 14.5 Å². The maximum absolute atomic E-state index is 13.1. The maximum Gasteiger partial charge on any atom is 0.328 e. The monoisotopic (exact) mass is 523 g/mol. The van der Waals surface area contributed by atoms with Crippen molar-refractivity contribution >= 4 is 50.9 Å². The van der Waals surface area contributed by atoms with Gasteiger partial charge < -0.3 is 14.2 Å². The van der Waals surface area contributed by atoms with Crippen LogP contribution in [0, 0.1) is 5.82 Å². The zero-order valence-corrected chi connectivity index (χ0v) is 19.8. The Labute approximate surface area is 196 Å². The summed E-state index contributed by atoms with van der Waals surface area (Å²) < 4.78 is 29.5.